The van der Waals surface area contributed by atoms with Gasteiger partial charge in [0.15, 0.2) is 0 Å². The minimum absolute atomic E-state index is 0.224. The van der Waals surface area contributed by atoms with Crippen LogP contribution in [0.2, 0.25) is 0 Å². The smallest absolute Gasteiger partial charge is 0.391 e. The van der Waals surface area contributed by atoms with Gasteiger partial charge in [-0.25, -0.2) is 9.78 Å². The first-order chi connectivity index (χ1) is 10.1. The maximum Gasteiger partial charge on any atom is 0.417 e. The van der Waals surface area contributed by atoms with Gasteiger partial charge in [0.1, 0.15) is 0 Å². The van der Waals surface area contributed by atoms with E-state index < -0.39 is 0 Å². The van der Waals surface area contributed by atoms with Gasteiger partial charge in [-0.3, -0.25) is 0 Å². The number of benzene rings is 1. The SMILES string of the molecule is CC1CCCC(C)N1C(=O)Oc1cc2ccccc2cn1. The Kier molecular flexibility index (Phi) is 3.78. The summed E-state index contributed by atoms with van der Waals surface area (Å²) in [6, 6.07) is 10.2. The summed E-state index contributed by atoms with van der Waals surface area (Å²) in [6.07, 6.45) is 4.67. The molecule has 1 aliphatic heterocycles. The molecule has 1 saturated heterocycles. The molecule has 2 aromatic rings. The van der Waals surface area contributed by atoms with E-state index in [-0.39, 0.29) is 18.2 Å². The second kappa shape index (κ2) is 5.72. The normalized spacial score (nSPS) is 22.3. The van der Waals surface area contributed by atoms with Crippen molar-refractivity contribution in [2.45, 2.75) is 45.2 Å². The average molecular weight is 284 g/mol. The fraction of sp³-hybridized carbons (Fsp3) is 0.412. The standard InChI is InChI=1S/C17H20N2O2/c1-12-6-5-7-13(2)19(12)17(20)21-16-10-14-8-3-4-9-15(14)11-18-16/h3-4,8-13H,5-7H2,1-2H3. The highest BCUT2D eigenvalue weighted by atomic mass is 16.6. The summed E-state index contributed by atoms with van der Waals surface area (Å²) in [4.78, 5) is 18.4. The summed E-state index contributed by atoms with van der Waals surface area (Å²) in [5.41, 5.74) is 0. The van der Waals surface area contributed by atoms with E-state index in [9.17, 15) is 4.79 Å². The number of hydrogen-bond donors (Lipinski definition) is 0. The van der Waals surface area contributed by atoms with Crippen LogP contribution in [0.4, 0.5) is 4.79 Å². The number of aromatic nitrogens is 1. The van der Waals surface area contributed by atoms with Crippen LogP contribution in [0.15, 0.2) is 36.5 Å². The topological polar surface area (TPSA) is 42.4 Å². The van der Waals surface area contributed by atoms with Gasteiger partial charge in [0.05, 0.1) is 0 Å². The van der Waals surface area contributed by atoms with Crippen molar-refractivity contribution in [3.8, 4) is 5.88 Å². The molecule has 4 nitrogen and oxygen atoms in total. The van der Waals surface area contributed by atoms with Gasteiger partial charge in [-0.05, 0) is 38.5 Å². The van der Waals surface area contributed by atoms with Crippen LogP contribution >= 0.6 is 0 Å². The molecule has 1 aliphatic rings. The molecule has 0 aliphatic carbocycles. The van der Waals surface area contributed by atoms with Gasteiger partial charge in [-0.1, -0.05) is 24.3 Å². The third kappa shape index (κ3) is 2.84. The van der Waals surface area contributed by atoms with Gasteiger partial charge in [-0.15, -0.1) is 0 Å². The molecule has 2 unspecified atom stereocenters. The molecule has 3 rings (SSSR count). The van der Waals surface area contributed by atoms with E-state index in [1.54, 1.807) is 6.20 Å². The number of piperidine rings is 1. The molecule has 0 saturated carbocycles. The second-order valence-corrected chi connectivity index (χ2v) is 5.77. The Morgan fingerprint density at radius 3 is 2.57 bits per heavy atom. The number of nitrogens with zero attached hydrogens (tertiary/aromatic N) is 2. The lowest BCUT2D eigenvalue weighted by atomic mass is 9.98. The van der Waals surface area contributed by atoms with Crippen LogP contribution in [-0.4, -0.2) is 28.1 Å². The third-order valence-electron chi connectivity index (χ3n) is 4.20. The maximum atomic E-state index is 12.4. The summed E-state index contributed by atoms with van der Waals surface area (Å²) < 4.78 is 5.48. The van der Waals surface area contributed by atoms with Crippen molar-refractivity contribution in [1.82, 2.24) is 9.88 Å². The van der Waals surface area contributed by atoms with Crippen molar-refractivity contribution in [2.75, 3.05) is 0 Å². The zero-order valence-corrected chi connectivity index (χ0v) is 12.5. The number of ether oxygens (including phenoxy) is 1. The van der Waals surface area contributed by atoms with Gasteiger partial charge in [0.2, 0.25) is 5.88 Å². The van der Waals surface area contributed by atoms with Gasteiger partial charge >= 0.3 is 6.09 Å². The van der Waals surface area contributed by atoms with Gasteiger partial charge in [0.25, 0.3) is 0 Å². The number of rotatable bonds is 1. The Labute approximate surface area is 124 Å². The van der Waals surface area contributed by atoms with E-state index in [1.165, 1.54) is 6.42 Å². The van der Waals surface area contributed by atoms with Crippen LogP contribution in [0.5, 0.6) is 5.88 Å². The fourth-order valence-electron chi connectivity index (χ4n) is 3.04. The van der Waals surface area contributed by atoms with E-state index in [0.717, 1.165) is 23.6 Å². The van der Waals surface area contributed by atoms with Crippen molar-refractivity contribution in [1.29, 1.82) is 0 Å². The number of hydrogen-bond acceptors (Lipinski definition) is 3. The molecule has 4 heteroatoms. The predicted octanol–water partition coefficient (Wildman–Crippen LogP) is 4.00. The lowest BCUT2D eigenvalue weighted by molar-refractivity contribution is 0.0884. The zero-order valence-electron chi connectivity index (χ0n) is 12.5. The van der Waals surface area contributed by atoms with Crippen molar-refractivity contribution >= 4 is 16.9 Å². The minimum atomic E-state index is -0.294. The second-order valence-electron chi connectivity index (χ2n) is 5.77. The summed E-state index contributed by atoms with van der Waals surface area (Å²) in [6.45, 7) is 4.15. The quantitative estimate of drug-likeness (QED) is 0.795. The molecular formula is C17H20N2O2. The Balaban J connectivity index is 1.79. The predicted molar refractivity (Wildman–Crippen MR) is 82.4 cm³/mol. The van der Waals surface area contributed by atoms with Crippen molar-refractivity contribution in [2.24, 2.45) is 0 Å². The first-order valence-corrected chi connectivity index (χ1v) is 7.50. The van der Waals surface area contributed by atoms with Crippen molar-refractivity contribution < 1.29 is 9.53 Å². The highest BCUT2D eigenvalue weighted by molar-refractivity contribution is 5.83. The van der Waals surface area contributed by atoms with Crippen LogP contribution in [-0.2, 0) is 0 Å². The summed E-state index contributed by atoms with van der Waals surface area (Å²) >= 11 is 0. The Morgan fingerprint density at radius 1 is 1.19 bits per heavy atom. The summed E-state index contributed by atoms with van der Waals surface area (Å²) in [5, 5.41) is 2.06. The lowest BCUT2D eigenvalue weighted by Crippen LogP contribution is -2.48. The largest absolute Gasteiger partial charge is 0.417 e. The number of carbonyl (C=O) groups is 1. The molecule has 1 aromatic heterocycles. The molecule has 0 N–H and O–H groups in total. The number of pyridine rings is 1. The highest BCUT2D eigenvalue weighted by Gasteiger charge is 2.30. The lowest BCUT2D eigenvalue weighted by Gasteiger charge is -2.37. The minimum Gasteiger partial charge on any atom is -0.391 e. The average Bonchev–Trinajstić information content (AvgIpc) is 2.47. The molecular weight excluding hydrogens is 264 g/mol. The molecule has 1 aromatic carbocycles. The number of carbonyl (C=O) groups excluding carboxylic acids is 1. The van der Waals surface area contributed by atoms with E-state index in [4.69, 9.17) is 4.74 Å². The molecule has 0 bridgehead atoms. The number of fused-ring (bicyclic) bond motifs is 1. The first kappa shape index (κ1) is 13.9. The van der Waals surface area contributed by atoms with Gasteiger partial charge in [-0.2, -0.15) is 0 Å². The fourth-order valence-corrected chi connectivity index (χ4v) is 3.04. The van der Waals surface area contributed by atoms with E-state index in [2.05, 4.69) is 18.8 Å². The van der Waals surface area contributed by atoms with Gasteiger partial charge in [0, 0.05) is 29.7 Å². The van der Waals surface area contributed by atoms with Crippen LogP contribution in [0.3, 0.4) is 0 Å². The molecule has 2 heterocycles. The van der Waals surface area contributed by atoms with Crippen molar-refractivity contribution in [3.05, 3.63) is 36.5 Å². The first-order valence-electron chi connectivity index (χ1n) is 7.50. The molecule has 110 valence electrons. The maximum absolute atomic E-state index is 12.4. The summed E-state index contributed by atoms with van der Waals surface area (Å²) in [5.74, 6) is 0.365. The van der Waals surface area contributed by atoms with Crippen LogP contribution in [0.25, 0.3) is 10.8 Å². The highest BCUT2D eigenvalue weighted by Crippen LogP contribution is 2.24. The number of likely N-dealkylation sites (tertiary alicyclic amines) is 1. The van der Waals surface area contributed by atoms with Crippen LogP contribution in [0, 0.1) is 0 Å². The summed E-state index contributed by atoms with van der Waals surface area (Å²) in [7, 11) is 0. The van der Waals surface area contributed by atoms with E-state index in [0.29, 0.717) is 5.88 Å². The zero-order chi connectivity index (χ0) is 14.8. The van der Waals surface area contributed by atoms with E-state index in [1.807, 2.05) is 35.2 Å². The molecule has 1 amide bonds. The molecule has 1 fully saturated rings. The molecule has 0 spiro atoms. The third-order valence-corrected chi connectivity index (χ3v) is 4.20. The molecule has 0 radical (unpaired) electrons. The van der Waals surface area contributed by atoms with Crippen LogP contribution in [0.1, 0.15) is 33.1 Å². The van der Waals surface area contributed by atoms with Gasteiger partial charge < -0.3 is 9.64 Å². The molecule has 2 atom stereocenters. The van der Waals surface area contributed by atoms with Crippen LogP contribution < -0.4 is 4.74 Å². The Bertz CT molecular complexity index is 646. The van der Waals surface area contributed by atoms with E-state index >= 15 is 0 Å². The number of amides is 1. The molecule has 21 heavy (non-hydrogen) atoms. The Hall–Kier alpha value is -2.10. The Morgan fingerprint density at radius 2 is 1.86 bits per heavy atom. The van der Waals surface area contributed by atoms with Crippen molar-refractivity contribution in [3.63, 3.8) is 0 Å². The monoisotopic (exact) mass is 284 g/mol.